The monoisotopic (exact) mass is 290 g/mol. The van der Waals surface area contributed by atoms with Gasteiger partial charge in [-0.15, -0.1) is 0 Å². The van der Waals surface area contributed by atoms with E-state index in [-0.39, 0.29) is 17.4 Å². The van der Waals surface area contributed by atoms with Crippen LogP contribution in [0.25, 0.3) is 0 Å². The fourth-order valence-corrected chi connectivity index (χ4v) is 2.08. The number of carbonyl (C=O) groups is 2. The summed E-state index contributed by atoms with van der Waals surface area (Å²) in [4.78, 5) is 25.4. The van der Waals surface area contributed by atoms with Crippen molar-refractivity contribution < 1.29 is 9.59 Å². The predicted molar refractivity (Wildman–Crippen MR) is 83.2 cm³/mol. The Bertz CT molecular complexity index is 551. The summed E-state index contributed by atoms with van der Waals surface area (Å²) >= 11 is 0. The molecule has 21 heavy (non-hydrogen) atoms. The summed E-state index contributed by atoms with van der Waals surface area (Å²) in [6.07, 6.45) is 0. The molecule has 1 aliphatic rings. The van der Waals surface area contributed by atoms with Gasteiger partial charge in [0.25, 0.3) is 0 Å². The lowest BCUT2D eigenvalue weighted by Crippen LogP contribution is -2.45. The number of nitrogens with zero attached hydrogens (tertiary/aromatic N) is 1. The molecule has 0 radical (unpaired) electrons. The average molecular weight is 290 g/mol. The molecule has 0 saturated carbocycles. The molecule has 0 spiro atoms. The number of rotatable bonds is 3. The van der Waals surface area contributed by atoms with E-state index in [1.54, 1.807) is 23.1 Å². The second kappa shape index (κ2) is 5.73. The van der Waals surface area contributed by atoms with Gasteiger partial charge in [0.1, 0.15) is 0 Å². The van der Waals surface area contributed by atoms with E-state index in [1.165, 1.54) is 0 Å². The van der Waals surface area contributed by atoms with Crippen molar-refractivity contribution in [3.63, 3.8) is 0 Å². The average Bonchev–Trinajstić information content (AvgIpc) is 2.83. The van der Waals surface area contributed by atoms with Crippen LogP contribution >= 0.6 is 0 Å². The third kappa shape index (κ3) is 3.52. The highest BCUT2D eigenvalue weighted by Crippen LogP contribution is 2.23. The summed E-state index contributed by atoms with van der Waals surface area (Å²) in [5, 5.41) is 5.55. The first-order valence-corrected chi connectivity index (χ1v) is 7.01. The molecule has 6 nitrogen and oxygen atoms in total. The van der Waals surface area contributed by atoms with Gasteiger partial charge >= 0.3 is 6.03 Å². The number of hydrogen-bond donors (Lipinski definition) is 3. The van der Waals surface area contributed by atoms with Gasteiger partial charge in [0.15, 0.2) is 0 Å². The maximum Gasteiger partial charge on any atom is 0.321 e. The van der Waals surface area contributed by atoms with Crippen molar-refractivity contribution in [2.24, 2.45) is 11.1 Å². The number of nitrogens with one attached hydrogen (secondary N) is 2. The molecule has 2 rings (SSSR count). The summed E-state index contributed by atoms with van der Waals surface area (Å²) in [7, 11) is 0. The first-order chi connectivity index (χ1) is 9.79. The molecule has 1 saturated heterocycles. The predicted octanol–water partition coefficient (Wildman–Crippen LogP) is 1.53. The van der Waals surface area contributed by atoms with Crippen LogP contribution < -0.4 is 21.3 Å². The van der Waals surface area contributed by atoms with Crippen molar-refractivity contribution >= 4 is 23.3 Å². The second-order valence-corrected chi connectivity index (χ2v) is 6.27. The normalized spacial score (nSPS) is 16.6. The number of carbonyl (C=O) groups excluding carboxylic acids is 2. The summed E-state index contributed by atoms with van der Waals surface area (Å²) < 4.78 is 0. The zero-order chi connectivity index (χ0) is 15.6. The lowest BCUT2D eigenvalue weighted by molar-refractivity contribution is -0.119. The minimum atomic E-state index is -0.601. The van der Waals surface area contributed by atoms with Gasteiger partial charge in [0.05, 0.1) is 6.04 Å². The van der Waals surface area contributed by atoms with Gasteiger partial charge in [0.2, 0.25) is 5.91 Å². The summed E-state index contributed by atoms with van der Waals surface area (Å²) in [5.74, 6) is -0.231. The van der Waals surface area contributed by atoms with E-state index in [0.29, 0.717) is 18.8 Å². The third-order valence-electron chi connectivity index (χ3n) is 3.50. The Morgan fingerprint density at radius 2 is 2.14 bits per heavy atom. The molecule has 1 aromatic rings. The van der Waals surface area contributed by atoms with E-state index in [0.717, 1.165) is 5.69 Å². The van der Waals surface area contributed by atoms with E-state index < -0.39 is 6.04 Å². The van der Waals surface area contributed by atoms with Gasteiger partial charge in [0, 0.05) is 24.5 Å². The third-order valence-corrected chi connectivity index (χ3v) is 3.50. The lowest BCUT2D eigenvalue weighted by Gasteiger charge is -2.26. The molecule has 0 bridgehead atoms. The van der Waals surface area contributed by atoms with Gasteiger partial charge < -0.3 is 16.4 Å². The summed E-state index contributed by atoms with van der Waals surface area (Å²) in [6, 6.07) is 6.48. The van der Waals surface area contributed by atoms with E-state index in [2.05, 4.69) is 10.6 Å². The van der Waals surface area contributed by atoms with Crippen LogP contribution in [0.1, 0.15) is 20.8 Å². The van der Waals surface area contributed by atoms with Crippen LogP contribution in [0.2, 0.25) is 0 Å². The minimum Gasteiger partial charge on any atom is -0.336 e. The van der Waals surface area contributed by atoms with Crippen molar-refractivity contribution in [3.8, 4) is 0 Å². The van der Waals surface area contributed by atoms with Gasteiger partial charge in [-0.1, -0.05) is 26.8 Å². The van der Waals surface area contributed by atoms with Crippen LogP contribution in [0.15, 0.2) is 24.3 Å². The van der Waals surface area contributed by atoms with Crippen molar-refractivity contribution in [2.75, 3.05) is 23.3 Å². The van der Waals surface area contributed by atoms with Crippen LogP contribution in [-0.4, -0.2) is 31.1 Å². The highest BCUT2D eigenvalue weighted by atomic mass is 16.2. The number of amides is 3. The van der Waals surface area contributed by atoms with Crippen molar-refractivity contribution in [1.82, 2.24) is 5.32 Å². The first kappa shape index (κ1) is 15.3. The van der Waals surface area contributed by atoms with E-state index >= 15 is 0 Å². The second-order valence-electron chi connectivity index (χ2n) is 6.27. The molecule has 1 heterocycles. The maximum atomic E-state index is 12.1. The number of nitrogens with two attached hydrogens (primary N) is 1. The molecule has 1 atom stereocenters. The first-order valence-electron chi connectivity index (χ1n) is 7.01. The highest BCUT2D eigenvalue weighted by molar-refractivity contribution is 5.97. The standard InChI is InChI=1S/C15H22N4O2/c1-15(2,3)12(16)13(20)18-10-5-4-6-11(9-10)19-8-7-17-14(19)21/h4-6,9,12H,7-8,16H2,1-3H3,(H,17,21)(H,18,20)/t12-/m1/s1. The quantitative estimate of drug-likeness (QED) is 0.789. The zero-order valence-corrected chi connectivity index (χ0v) is 12.6. The topological polar surface area (TPSA) is 87.5 Å². The Kier molecular flexibility index (Phi) is 4.18. The van der Waals surface area contributed by atoms with Gasteiger partial charge in [-0.25, -0.2) is 4.79 Å². The smallest absolute Gasteiger partial charge is 0.321 e. The number of anilines is 2. The Labute approximate surface area is 124 Å². The zero-order valence-electron chi connectivity index (χ0n) is 12.6. The molecule has 4 N–H and O–H groups in total. The molecule has 3 amide bonds. The molecule has 114 valence electrons. The fourth-order valence-electron chi connectivity index (χ4n) is 2.08. The Hall–Kier alpha value is -2.08. The van der Waals surface area contributed by atoms with Crippen molar-refractivity contribution in [1.29, 1.82) is 0 Å². The van der Waals surface area contributed by atoms with Crippen LogP contribution in [0.5, 0.6) is 0 Å². The van der Waals surface area contributed by atoms with Gasteiger partial charge in [-0.2, -0.15) is 0 Å². The molecule has 6 heteroatoms. The number of urea groups is 1. The van der Waals surface area contributed by atoms with Crippen LogP contribution in [-0.2, 0) is 4.79 Å². The van der Waals surface area contributed by atoms with Gasteiger partial charge in [-0.05, 0) is 23.6 Å². The summed E-state index contributed by atoms with van der Waals surface area (Å²) in [6.45, 7) is 7.01. The maximum absolute atomic E-state index is 12.1. The fraction of sp³-hybridized carbons (Fsp3) is 0.467. The van der Waals surface area contributed by atoms with E-state index in [9.17, 15) is 9.59 Å². The van der Waals surface area contributed by atoms with Crippen molar-refractivity contribution in [2.45, 2.75) is 26.8 Å². The van der Waals surface area contributed by atoms with Crippen LogP contribution in [0.3, 0.4) is 0 Å². The molecule has 0 unspecified atom stereocenters. The molecule has 0 aliphatic carbocycles. The van der Waals surface area contributed by atoms with Gasteiger partial charge in [-0.3, -0.25) is 9.69 Å². The Morgan fingerprint density at radius 1 is 1.43 bits per heavy atom. The number of benzene rings is 1. The number of hydrogen-bond acceptors (Lipinski definition) is 3. The van der Waals surface area contributed by atoms with Crippen molar-refractivity contribution in [3.05, 3.63) is 24.3 Å². The molecule has 1 aromatic carbocycles. The summed E-state index contributed by atoms with van der Waals surface area (Å²) in [5.41, 5.74) is 7.02. The Morgan fingerprint density at radius 3 is 2.71 bits per heavy atom. The Balaban J connectivity index is 2.11. The molecule has 1 fully saturated rings. The van der Waals surface area contributed by atoms with E-state index in [1.807, 2.05) is 26.8 Å². The van der Waals surface area contributed by atoms with Crippen LogP contribution in [0, 0.1) is 5.41 Å². The van der Waals surface area contributed by atoms with Crippen LogP contribution in [0.4, 0.5) is 16.2 Å². The lowest BCUT2D eigenvalue weighted by atomic mass is 9.87. The van der Waals surface area contributed by atoms with E-state index in [4.69, 9.17) is 5.73 Å². The minimum absolute atomic E-state index is 0.120. The molecular weight excluding hydrogens is 268 g/mol. The molecule has 1 aliphatic heterocycles. The SMILES string of the molecule is CC(C)(C)[C@H](N)C(=O)Nc1cccc(N2CCNC2=O)c1. The molecule has 0 aromatic heterocycles. The largest absolute Gasteiger partial charge is 0.336 e. The molecular formula is C15H22N4O2. The highest BCUT2D eigenvalue weighted by Gasteiger charge is 2.27.